The number of hydrogen-bond donors (Lipinski definition) is 2. The van der Waals surface area contributed by atoms with Crippen molar-refractivity contribution in [3.05, 3.63) is 44.7 Å². The highest BCUT2D eigenvalue weighted by Crippen LogP contribution is 2.31. The van der Waals surface area contributed by atoms with Crippen LogP contribution >= 0.6 is 15.9 Å². The molecule has 20 heavy (non-hydrogen) atoms. The van der Waals surface area contributed by atoms with Crippen LogP contribution in [0, 0.1) is 21.4 Å². The highest BCUT2D eigenvalue weighted by atomic mass is 79.9. The summed E-state index contributed by atoms with van der Waals surface area (Å²) in [5.41, 5.74) is 5.73. The Kier molecular flexibility index (Phi) is 3.76. The molecule has 8 nitrogen and oxygen atoms in total. The Morgan fingerprint density at radius 1 is 1.45 bits per heavy atom. The minimum absolute atomic E-state index is 0.0721. The minimum Gasteiger partial charge on any atom is -0.378 e. The number of nitriles is 1. The molecule has 0 aliphatic carbocycles. The van der Waals surface area contributed by atoms with E-state index >= 15 is 0 Å². The van der Waals surface area contributed by atoms with E-state index in [1.54, 1.807) is 18.2 Å². The van der Waals surface area contributed by atoms with Crippen LogP contribution in [0.4, 0.5) is 23.0 Å². The summed E-state index contributed by atoms with van der Waals surface area (Å²) >= 11 is 3.26. The van der Waals surface area contributed by atoms with Crippen LogP contribution in [-0.4, -0.2) is 14.9 Å². The summed E-state index contributed by atoms with van der Waals surface area (Å²) in [4.78, 5) is 17.7. The Morgan fingerprint density at radius 2 is 2.20 bits per heavy atom. The zero-order valence-electron chi connectivity index (χ0n) is 9.87. The SMILES string of the molecule is N#Cc1ccc(Br)cc1Nc1ncnc(N)c1[N+](=O)[O-]. The molecule has 0 spiro atoms. The molecular formula is C11H7BrN6O2. The Balaban J connectivity index is 2.51. The minimum atomic E-state index is -0.679. The number of nitro groups is 1. The molecule has 0 aliphatic heterocycles. The number of halogens is 1. The van der Waals surface area contributed by atoms with Gasteiger partial charge in [0.15, 0.2) is 0 Å². The quantitative estimate of drug-likeness (QED) is 0.650. The summed E-state index contributed by atoms with van der Waals surface area (Å²) in [6.45, 7) is 0. The Labute approximate surface area is 121 Å². The first-order valence-corrected chi connectivity index (χ1v) is 6.03. The van der Waals surface area contributed by atoms with E-state index in [-0.39, 0.29) is 11.6 Å². The molecule has 2 aromatic rings. The van der Waals surface area contributed by atoms with Gasteiger partial charge in [-0.3, -0.25) is 10.1 Å². The van der Waals surface area contributed by atoms with Gasteiger partial charge in [0, 0.05) is 4.47 Å². The largest absolute Gasteiger partial charge is 0.378 e. The third-order valence-corrected chi connectivity index (χ3v) is 2.88. The topological polar surface area (TPSA) is 131 Å². The zero-order valence-corrected chi connectivity index (χ0v) is 11.5. The van der Waals surface area contributed by atoms with E-state index in [0.717, 1.165) is 6.33 Å². The van der Waals surface area contributed by atoms with Crippen LogP contribution in [0.5, 0.6) is 0 Å². The molecule has 0 unspecified atom stereocenters. The van der Waals surface area contributed by atoms with Gasteiger partial charge in [0.1, 0.15) is 12.4 Å². The summed E-state index contributed by atoms with van der Waals surface area (Å²) in [6, 6.07) is 6.85. The Morgan fingerprint density at radius 3 is 2.85 bits per heavy atom. The van der Waals surface area contributed by atoms with Crippen molar-refractivity contribution in [2.24, 2.45) is 0 Å². The van der Waals surface area contributed by atoms with Crippen LogP contribution in [-0.2, 0) is 0 Å². The molecule has 0 fully saturated rings. The molecule has 9 heteroatoms. The van der Waals surface area contributed by atoms with E-state index in [1.165, 1.54) is 0 Å². The molecule has 1 aromatic carbocycles. The number of nitrogens with one attached hydrogen (secondary N) is 1. The van der Waals surface area contributed by atoms with Gasteiger partial charge in [0.2, 0.25) is 11.6 Å². The first kappa shape index (κ1) is 13.7. The van der Waals surface area contributed by atoms with Crippen molar-refractivity contribution in [3.8, 4) is 6.07 Å². The van der Waals surface area contributed by atoms with Gasteiger partial charge in [-0.05, 0) is 18.2 Å². The van der Waals surface area contributed by atoms with Gasteiger partial charge in [0.25, 0.3) is 0 Å². The highest BCUT2D eigenvalue weighted by Gasteiger charge is 2.21. The van der Waals surface area contributed by atoms with Crippen molar-refractivity contribution >= 4 is 38.9 Å². The van der Waals surface area contributed by atoms with Crippen molar-refractivity contribution in [2.75, 3.05) is 11.1 Å². The lowest BCUT2D eigenvalue weighted by molar-refractivity contribution is -0.383. The standard InChI is InChI=1S/C11H7BrN6O2/c12-7-2-1-6(4-13)8(3-7)17-11-9(18(19)20)10(14)15-5-16-11/h1-3,5H,(H3,14,15,16,17). The van der Waals surface area contributed by atoms with Gasteiger partial charge in [0.05, 0.1) is 16.2 Å². The van der Waals surface area contributed by atoms with Crippen molar-refractivity contribution < 1.29 is 4.92 Å². The fourth-order valence-electron chi connectivity index (χ4n) is 1.51. The second kappa shape index (κ2) is 5.50. The Hall–Kier alpha value is -2.73. The third-order valence-electron chi connectivity index (χ3n) is 2.39. The van der Waals surface area contributed by atoms with Crippen LogP contribution in [0.25, 0.3) is 0 Å². The number of anilines is 3. The summed E-state index contributed by atoms with van der Waals surface area (Å²) in [5, 5.41) is 22.7. The number of nitrogen functional groups attached to an aromatic ring is 1. The monoisotopic (exact) mass is 334 g/mol. The highest BCUT2D eigenvalue weighted by molar-refractivity contribution is 9.10. The van der Waals surface area contributed by atoms with Gasteiger partial charge in [-0.25, -0.2) is 9.97 Å². The average molecular weight is 335 g/mol. The maximum absolute atomic E-state index is 11.0. The molecule has 0 aliphatic rings. The summed E-state index contributed by atoms with van der Waals surface area (Å²) in [6.07, 6.45) is 1.11. The van der Waals surface area contributed by atoms with Crippen molar-refractivity contribution in [3.63, 3.8) is 0 Å². The molecule has 1 heterocycles. The van der Waals surface area contributed by atoms with E-state index in [0.29, 0.717) is 15.7 Å². The lowest BCUT2D eigenvalue weighted by Crippen LogP contribution is -2.05. The first-order valence-electron chi connectivity index (χ1n) is 5.24. The predicted molar refractivity (Wildman–Crippen MR) is 75.2 cm³/mol. The molecule has 0 amide bonds. The number of aromatic nitrogens is 2. The number of nitrogens with two attached hydrogens (primary N) is 1. The second-order valence-corrected chi connectivity index (χ2v) is 4.56. The smallest absolute Gasteiger partial charge is 0.353 e. The maximum Gasteiger partial charge on any atom is 0.353 e. The van der Waals surface area contributed by atoms with Crippen molar-refractivity contribution in [1.29, 1.82) is 5.26 Å². The molecule has 0 bridgehead atoms. The van der Waals surface area contributed by atoms with Gasteiger partial charge in [-0.2, -0.15) is 5.26 Å². The predicted octanol–water partition coefficient (Wildman–Crippen LogP) is 2.34. The van der Waals surface area contributed by atoms with Crippen LogP contribution < -0.4 is 11.1 Å². The summed E-state index contributed by atoms with van der Waals surface area (Å²) in [5.74, 6) is -0.321. The molecule has 0 saturated carbocycles. The Bertz CT molecular complexity index is 727. The zero-order chi connectivity index (χ0) is 14.7. The lowest BCUT2D eigenvalue weighted by atomic mass is 10.2. The number of hydrogen-bond acceptors (Lipinski definition) is 7. The van der Waals surface area contributed by atoms with Crippen LogP contribution in [0.3, 0.4) is 0 Å². The first-order chi connectivity index (χ1) is 9.52. The number of rotatable bonds is 3. The van der Waals surface area contributed by atoms with E-state index in [1.807, 2.05) is 6.07 Å². The molecule has 2 rings (SSSR count). The maximum atomic E-state index is 11.0. The average Bonchev–Trinajstić information content (AvgIpc) is 2.38. The van der Waals surface area contributed by atoms with Gasteiger partial charge in [-0.1, -0.05) is 15.9 Å². The second-order valence-electron chi connectivity index (χ2n) is 3.64. The molecule has 0 saturated heterocycles. The summed E-state index contributed by atoms with van der Waals surface area (Å²) < 4.78 is 0.712. The number of benzene rings is 1. The number of nitrogens with zero attached hydrogens (tertiary/aromatic N) is 4. The fourth-order valence-corrected chi connectivity index (χ4v) is 1.87. The van der Waals surface area contributed by atoms with Crippen LogP contribution in [0.1, 0.15) is 5.56 Å². The lowest BCUT2D eigenvalue weighted by Gasteiger charge is -2.08. The molecule has 1 aromatic heterocycles. The van der Waals surface area contributed by atoms with Gasteiger partial charge >= 0.3 is 5.69 Å². The fraction of sp³-hybridized carbons (Fsp3) is 0. The molecule has 100 valence electrons. The van der Waals surface area contributed by atoms with Gasteiger partial charge < -0.3 is 11.1 Å². The van der Waals surface area contributed by atoms with E-state index in [2.05, 4.69) is 31.2 Å². The van der Waals surface area contributed by atoms with Crippen molar-refractivity contribution in [1.82, 2.24) is 9.97 Å². The van der Waals surface area contributed by atoms with E-state index in [4.69, 9.17) is 11.0 Å². The molecule has 0 atom stereocenters. The van der Waals surface area contributed by atoms with E-state index < -0.39 is 10.6 Å². The van der Waals surface area contributed by atoms with Crippen molar-refractivity contribution in [2.45, 2.75) is 0 Å². The molecule has 3 N–H and O–H groups in total. The van der Waals surface area contributed by atoms with Crippen LogP contribution in [0.15, 0.2) is 29.0 Å². The van der Waals surface area contributed by atoms with Crippen LogP contribution in [0.2, 0.25) is 0 Å². The normalized spacial score (nSPS) is 9.80. The molecule has 0 radical (unpaired) electrons. The molecular weight excluding hydrogens is 328 g/mol. The third kappa shape index (κ3) is 2.65. The van der Waals surface area contributed by atoms with E-state index in [9.17, 15) is 10.1 Å². The summed E-state index contributed by atoms with van der Waals surface area (Å²) in [7, 11) is 0. The van der Waals surface area contributed by atoms with Gasteiger partial charge in [-0.15, -0.1) is 0 Å².